The first-order valence-electron chi connectivity index (χ1n) is 10.9. The number of hydrogen-bond donors (Lipinski definition) is 0. The average molecular weight is 442 g/mol. The lowest BCUT2D eigenvalue weighted by atomic mass is 10.0. The molecule has 1 amide bonds. The van der Waals surface area contributed by atoms with E-state index in [4.69, 9.17) is 0 Å². The van der Waals surface area contributed by atoms with Gasteiger partial charge in [-0.2, -0.15) is 9.78 Å². The van der Waals surface area contributed by atoms with Gasteiger partial charge in [0.25, 0.3) is 11.5 Å². The molecule has 1 saturated heterocycles. The maximum atomic E-state index is 13.2. The first-order chi connectivity index (χ1) is 16.1. The summed E-state index contributed by atoms with van der Waals surface area (Å²) in [5.41, 5.74) is 1.51. The van der Waals surface area contributed by atoms with Crippen LogP contribution in [0.3, 0.4) is 0 Å². The summed E-state index contributed by atoms with van der Waals surface area (Å²) in [4.78, 5) is 29.4. The van der Waals surface area contributed by atoms with E-state index >= 15 is 0 Å². The Morgan fingerprint density at radius 1 is 0.848 bits per heavy atom. The lowest BCUT2D eigenvalue weighted by Crippen LogP contribution is -2.48. The van der Waals surface area contributed by atoms with E-state index < -0.39 is 5.82 Å². The van der Waals surface area contributed by atoms with E-state index in [1.807, 2.05) is 6.07 Å². The number of nitrogens with zero attached hydrogens (tertiary/aromatic N) is 4. The van der Waals surface area contributed by atoms with Crippen LogP contribution in [0, 0.1) is 5.82 Å². The summed E-state index contributed by atoms with van der Waals surface area (Å²) in [6.07, 6.45) is 0. The van der Waals surface area contributed by atoms with Crippen molar-refractivity contribution in [3.63, 3.8) is 0 Å². The molecule has 0 atom stereocenters. The van der Waals surface area contributed by atoms with Gasteiger partial charge in [0.2, 0.25) is 0 Å². The Balaban J connectivity index is 1.27. The molecule has 4 aromatic rings. The first kappa shape index (κ1) is 21.0. The number of hydrogen-bond acceptors (Lipinski definition) is 4. The third-order valence-corrected chi connectivity index (χ3v) is 6.02. The molecular weight excluding hydrogens is 419 g/mol. The SMILES string of the molecule is O=C(c1ccc(=O)n(-c2ccc(F)cc2)n1)N1CCN(Cc2cccc3ccccc23)CC1. The van der Waals surface area contributed by atoms with Crippen LogP contribution >= 0.6 is 0 Å². The maximum Gasteiger partial charge on any atom is 0.274 e. The molecule has 0 N–H and O–H groups in total. The standard InChI is InChI=1S/C26H23FN4O2/c27-21-8-10-22(11-9-21)31-25(32)13-12-24(28-31)26(33)30-16-14-29(15-17-30)18-20-6-3-5-19-4-1-2-7-23(19)20/h1-13H,14-18H2. The fourth-order valence-electron chi connectivity index (χ4n) is 4.23. The van der Waals surface area contributed by atoms with Crippen LogP contribution < -0.4 is 5.56 Å². The Labute approximate surface area is 190 Å². The van der Waals surface area contributed by atoms with Gasteiger partial charge >= 0.3 is 0 Å². The molecule has 0 aliphatic carbocycles. The van der Waals surface area contributed by atoms with Gasteiger partial charge in [-0.1, -0.05) is 42.5 Å². The van der Waals surface area contributed by atoms with Crippen molar-refractivity contribution in [3.8, 4) is 5.69 Å². The highest BCUT2D eigenvalue weighted by atomic mass is 19.1. The molecule has 1 aromatic heterocycles. The number of fused-ring (bicyclic) bond motifs is 1. The van der Waals surface area contributed by atoms with Crippen LogP contribution in [0.1, 0.15) is 16.1 Å². The molecule has 0 unspecified atom stereocenters. The molecule has 3 aromatic carbocycles. The largest absolute Gasteiger partial charge is 0.335 e. The van der Waals surface area contributed by atoms with E-state index in [9.17, 15) is 14.0 Å². The van der Waals surface area contributed by atoms with Gasteiger partial charge in [0.05, 0.1) is 5.69 Å². The fraction of sp³-hybridized carbons (Fsp3) is 0.192. The summed E-state index contributed by atoms with van der Waals surface area (Å²) in [7, 11) is 0. The van der Waals surface area contributed by atoms with Crippen molar-refractivity contribution in [1.82, 2.24) is 19.6 Å². The van der Waals surface area contributed by atoms with Gasteiger partial charge in [0.15, 0.2) is 0 Å². The molecule has 1 aliphatic heterocycles. The number of halogens is 1. The van der Waals surface area contributed by atoms with Gasteiger partial charge in [0.1, 0.15) is 11.5 Å². The Bertz CT molecular complexity index is 1350. The van der Waals surface area contributed by atoms with Crippen LogP contribution in [-0.2, 0) is 6.54 Å². The highest BCUT2D eigenvalue weighted by molar-refractivity contribution is 5.92. The van der Waals surface area contributed by atoms with Crippen molar-refractivity contribution in [2.24, 2.45) is 0 Å². The lowest BCUT2D eigenvalue weighted by molar-refractivity contribution is 0.0621. The zero-order valence-electron chi connectivity index (χ0n) is 18.0. The third-order valence-electron chi connectivity index (χ3n) is 6.02. The number of carbonyl (C=O) groups is 1. The molecule has 6 nitrogen and oxygen atoms in total. The van der Waals surface area contributed by atoms with E-state index in [-0.39, 0.29) is 17.2 Å². The summed E-state index contributed by atoms with van der Waals surface area (Å²) in [6, 6.07) is 22.9. The number of carbonyl (C=O) groups excluding carboxylic acids is 1. The molecule has 0 bridgehead atoms. The molecular formula is C26H23FN4O2. The number of piperazine rings is 1. The lowest BCUT2D eigenvalue weighted by Gasteiger charge is -2.34. The Kier molecular flexibility index (Phi) is 5.71. The summed E-state index contributed by atoms with van der Waals surface area (Å²) in [5.74, 6) is -0.615. The monoisotopic (exact) mass is 442 g/mol. The molecule has 0 spiro atoms. The predicted octanol–water partition coefficient (Wildman–Crippen LogP) is 3.48. The van der Waals surface area contributed by atoms with E-state index in [2.05, 4.69) is 46.4 Å². The van der Waals surface area contributed by atoms with Crippen molar-refractivity contribution >= 4 is 16.7 Å². The number of amides is 1. The maximum absolute atomic E-state index is 13.2. The highest BCUT2D eigenvalue weighted by Crippen LogP contribution is 2.21. The quantitative estimate of drug-likeness (QED) is 0.486. The molecule has 1 aliphatic rings. The second-order valence-electron chi connectivity index (χ2n) is 8.15. The van der Waals surface area contributed by atoms with Crippen LogP contribution in [-0.4, -0.2) is 51.7 Å². The van der Waals surface area contributed by atoms with E-state index in [1.54, 1.807) is 4.90 Å². The first-order valence-corrected chi connectivity index (χ1v) is 10.9. The van der Waals surface area contributed by atoms with E-state index in [1.165, 1.54) is 52.7 Å². The predicted molar refractivity (Wildman–Crippen MR) is 125 cm³/mol. The second-order valence-corrected chi connectivity index (χ2v) is 8.15. The molecule has 2 heterocycles. The van der Waals surface area contributed by atoms with Gasteiger partial charge in [-0.15, -0.1) is 0 Å². The second kappa shape index (κ2) is 8.96. The number of aromatic nitrogens is 2. The summed E-state index contributed by atoms with van der Waals surface area (Å²) in [5, 5.41) is 6.73. The summed E-state index contributed by atoms with van der Waals surface area (Å²) in [6.45, 7) is 3.51. The van der Waals surface area contributed by atoms with E-state index in [0.29, 0.717) is 18.8 Å². The van der Waals surface area contributed by atoms with Crippen LogP contribution in [0.2, 0.25) is 0 Å². The molecule has 7 heteroatoms. The minimum absolute atomic E-state index is 0.196. The Morgan fingerprint density at radius 2 is 1.58 bits per heavy atom. The summed E-state index contributed by atoms with van der Waals surface area (Å²) < 4.78 is 14.4. The third kappa shape index (κ3) is 4.40. The van der Waals surface area contributed by atoms with Crippen molar-refractivity contribution in [3.05, 3.63) is 106 Å². The molecule has 1 fully saturated rings. The normalized spacial score (nSPS) is 14.5. The van der Waals surface area contributed by atoms with Crippen molar-refractivity contribution < 1.29 is 9.18 Å². The number of rotatable bonds is 4. The Morgan fingerprint density at radius 3 is 2.36 bits per heavy atom. The van der Waals surface area contributed by atoms with E-state index in [0.717, 1.165) is 24.3 Å². The topological polar surface area (TPSA) is 58.4 Å². The van der Waals surface area contributed by atoms with Crippen LogP contribution in [0.4, 0.5) is 4.39 Å². The Hall–Kier alpha value is -3.84. The molecule has 0 saturated carbocycles. The van der Waals surface area contributed by atoms with Gasteiger partial charge in [-0.3, -0.25) is 14.5 Å². The fourth-order valence-corrected chi connectivity index (χ4v) is 4.23. The smallest absolute Gasteiger partial charge is 0.274 e. The van der Waals surface area contributed by atoms with Crippen LogP contribution in [0.5, 0.6) is 0 Å². The van der Waals surface area contributed by atoms with Crippen LogP contribution in [0.25, 0.3) is 16.5 Å². The van der Waals surface area contributed by atoms with Crippen molar-refractivity contribution in [1.29, 1.82) is 0 Å². The van der Waals surface area contributed by atoms with Crippen LogP contribution in [0.15, 0.2) is 83.7 Å². The zero-order valence-corrected chi connectivity index (χ0v) is 18.0. The molecule has 33 heavy (non-hydrogen) atoms. The van der Waals surface area contributed by atoms with Gasteiger partial charge in [-0.25, -0.2) is 4.39 Å². The minimum atomic E-state index is -0.402. The molecule has 166 valence electrons. The minimum Gasteiger partial charge on any atom is -0.335 e. The number of benzene rings is 3. The average Bonchev–Trinajstić information content (AvgIpc) is 2.85. The molecule has 0 radical (unpaired) electrons. The van der Waals surface area contributed by atoms with Gasteiger partial charge in [-0.05, 0) is 46.7 Å². The highest BCUT2D eigenvalue weighted by Gasteiger charge is 2.24. The van der Waals surface area contributed by atoms with Crippen molar-refractivity contribution in [2.45, 2.75) is 6.54 Å². The van der Waals surface area contributed by atoms with Crippen molar-refractivity contribution in [2.75, 3.05) is 26.2 Å². The summed E-state index contributed by atoms with van der Waals surface area (Å²) >= 11 is 0. The molecule has 5 rings (SSSR count). The van der Waals surface area contributed by atoms with Gasteiger partial charge < -0.3 is 4.90 Å². The van der Waals surface area contributed by atoms with Gasteiger partial charge in [0, 0.05) is 38.8 Å². The zero-order chi connectivity index (χ0) is 22.8.